The maximum Gasteiger partial charge on any atom is 0.156 e. The molecule has 0 saturated carbocycles. The van der Waals surface area contributed by atoms with Crippen LogP contribution in [0.15, 0.2) is 18.5 Å². The van der Waals surface area contributed by atoms with Gasteiger partial charge in [-0.05, 0) is 32.8 Å². The molecule has 1 saturated heterocycles. The van der Waals surface area contributed by atoms with Crippen molar-refractivity contribution in [2.45, 2.75) is 50.6 Å². The quantitative estimate of drug-likeness (QED) is 0.918. The van der Waals surface area contributed by atoms with E-state index >= 15 is 0 Å². The Bertz CT molecular complexity index is 556. The van der Waals surface area contributed by atoms with Gasteiger partial charge in [-0.1, -0.05) is 6.42 Å². The van der Waals surface area contributed by atoms with Gasteiger partial charge in [0.15, 0.2) is 9.84 Å². The van der Waals surface area contributed by atoms with Gasteiger partial charge in [0.05, 0.1) is 29.4 Å². The van der Waals surface area contributed by atoms with Gasteiger partial charge in [-0.3, -0.25) is 4.98 Å². The second kappa shape index (κ2) is 6.10. The first-order chi connectivity index (χ1) is 9.40. The van der Waals surface area contributed by atoms with E-state index in [-0.39, 0.29) is 11.9 Å². The number of rotatable bonds is 4. The molecule has 0 bridgehead atoms. The Morgan fingerprint density at radius 3 is 2.75 bits per heavy atom. The zero-order chi connectivity index (χ0) is 14.8. The highest BCUT2D eigenvalue weighted by atomic mass is 32.2. The zero-order valence-corrected chi connectivity index (χ0v) is 12.6. The minimum atomic E-state index is -3.23. The Hall–Kier alpha value is -1.14. The first-order valence-corrected chi connectivity index (χ1v) is 8.63. The summed E-state index contributed by atoms with van der Waals surface area (Å²) in [5.74, 6) is 0.703. The second-order valence-electron chi connectivity index (χ2n) is 5.47. The van der Waals surface area contributed by atoms with E-state index in [0.717, 1.165) is 6.42 Å². The molecule has 1 aromatic rings. The van der Waals surface area contributed by atoms with Crippen LogP contribution in [-0.4, -0.2) is 35.6 Å². The van der Waals surface area contributed by atoms with Crippen molar-refractivity contribution >= 4 is 9.84 Å². The standard InChI is InChI=1S/C14H21NO4S/c1-10(2)19-12-7-11(8-15-9-12)14(16)13-5-3-4-6-20(13,17)18/h7-10,13-14,16H,3-6H2,1-2H3. The molecule has 1 aromatic heterocycles. The Kier molecular flexibility index (Phi) is 4.65. The summed E-state index contributed by atoms with van der Waals surface area (Å²) >= 11 is 0. The Balaban J connectivity index is 2.22. The van der Waals surface area contributed by atoms with E-state index in [1.54, 1.807) is 12.3 Å². The van der Waals surface area contributed by atoms with E-state index in [1.807, 2.05) is 13.8 Å². The Morgan fingerprint density at radius 1 is 1.35 bits per heavy atom. The highest BCUT2D eigenvalue weighted by Crippen LogP contribution is 2.31. The number of nitrogens with zero attached hydrogens (tertiary/aromatic N) is 1. The fourth-order valence-electron chi connectivity index (χ4n) is 2.48. The molecule has 0 radical (unpaired) electrons. The van der Waals surface area contributed by atoms with Gasteiger partial charge in [-0.15, -0.1) is 0 Å². The smallest absolute Gasteiger partial charge is 0.156 e. The number of ether oxygens (including phenoxy) is 1. The van der Waals surface area contributed by atoms with Crippen LogP contribution in [0.3, 0.4) is 0 Å². The number of hydrogen-bond acceptors (Lipinski definition) is 5. The molecule has 2 atom stereocenters. The summed E-state index contributed by atoms with van der Waals surface area (Å²) in [7, 11) is -3.23. The molecule has 0 aliphatic carbocycles. The van der Waals surface area contributed by atoms with Crippen LogP contribution in [-0.2, 0) is 9.84 Å². The number of hydrogen-bond donors (Lipinski definition) is 1. The van der Waals surface area contributed by atoms with Crippen molar-refractivity contribution in [2.24, 2.45) is 0 Å². The van der Waals surface area contributed by atoms with Crippen molar-refractivity contribution in [3.8, 4) is 5.75 Å². The van der Waals surface area contributed by atoms with Crippen LogP contribution < -0.4 is 4.74 Å². The van der Waals surface area contributed by atoms with Crippen LogP contribution in [0.2, 0.25) is 0 Å². The molecule has 112 valence electrons. The summed E-state index contributed by atoms with van der Waals surface area (Å²) in [5, 5.41) is 9.64. The van der Waals surface area contributed by atoms with Gasteiger partial charge in [0, 0.05) is 11.8 Å². The monoisotopic (exact) mass is 299 g/mol. The maximum atomic E-state index is 12.0. The topological polar surface area (TPSA) is 76.5 Å². The summed E-state index contributed by atoms with van der Waals surface area (Å²) in [6.45, 7) is 3.80. The molecule has 1 fully saturated rings. The summed E-state index contributed by atoms with van der Waals surface area (Å²) in [6, 6.07) is 1.67. The van der Waals surface area contributed by atoms with E-state index in [4.69, 9.17) is 4.74 Å². The SMILES string of the molecule is CC(C)Oc1cncc(C(O)C2CCCCS2(=O)=O)c1. The molecule has 0 spiro atoms. The lowest BCUT2D eigenvalue weighted by Gasteiger charge is -2.27. The average Bonchev–Trinajstić information content (AvgIpc) is 2.37. The third-order valence-corrected chi connectivity index (χ3v) is 5.70. The number of aliphatic hydroxyl groups is 1. The van der Waals surface area contributed by atoms with Gasteiger partial charge in [-0.25, -0.2) is 8.42 Å². The van der Waals surface area contributed by atoms with Crippen molar-refractivity contribution < 1.29 is 18.3 Å². The molecule has 2 unspecified atom stereocenters. The minimum Gasteiger partial charge on any atom is -0.489 e. The van der Waals surface area contributed by atoms with Gasteiger partial charge in [-0.2, -0.15) is 0 Å². The zero-order valence-electron chi connectivity index (χ0n) is 11.8. The lowest BCUT2D eigenvalue weighted by molar-refractivity contribution is 0.162. The van der Waals surface area contributed by atoms with E-state index in [0.29, 0.717) is 24.2 Å². The summed E-state index contributed by atoms with van der Waals surface area (Å²) in [4.78, 5) is 4.02. The van der Waals surface area contributed by atoms with Crippen LogP contribution in [0.1, 0.15) is 44.8 Å². The molecular weight excluding hydrogens is 278 g/mol. The van der Waals surface area contributed by atoms with Gasteiger partial charge in [0.25, 0.3) is 0 Å². The first-order valence-electron chi connectivity index (χ1n) is 6.91. The predicted octanol–water partition coefficient (Wildman–Crippen LogP) is 1.87. The number of aromatic nitrogens is 1. The fraction of sp³-hybridized carbons (Fsp3) is 0.643. The van der Waals surface area contributed by atoms with E-state index < -0.39 is 21.2 Å². The van der Waals surface area contributed by atoms with E-state index in [2.05, 4.69) is 4.98 Å². The molecule has 20 heavy (non-hydrogen) atoms. The summed E-state index contributed by atoms with van der Waals surface area (Å²) in [6.07, 6.45) is 4.04. The Labute approximate surface area is 119 Å². The normalized spacial score (nSPS) is 23.5. The largest absolute Gasteiger partial charge is 0.489 e. The third-order valence-electron chi connectivity index (χ3n) is 3.43. The third kappa shape index (κ3) is 3.49. The second-order valence-corrected chi connectivity index (χ2v) is 7.81. The number of aliphatic hydroxyl groups excluding tert-OH is 1. The summed E-state index contributed by atoms with van der Waals surface area (Å²) < 4.78 is 29.6. The molecular formula is C14H21NO4S. The molecule has 0 aromatic carbocycles. The lowest BCUT2D eigenvalue weighted by atomic mass is 10.0. The van der Waals surface area contributed by atoms with Crippen molar-refractivity contribution in [1.82, 2.24) is 4.98 Å². The lowest BCUT2D eigenvalue weighted by Crippen LogP contribution is -2.33. The van der Waals surface area contributed by atoms with Crippen LogP contribution in [0.5, 0.6) is 5.75 Å². The van der Waals surface area contributed by atoms with Crippen LogP contribution in [0, 0.1) is 0 Å². The maximum absolute atomic E-state index is 12.0. The molecule has 1 N–H and O–H groups in total. The van der Waals surface area contributed by atoms with E-state index in [9.17, 15) is 13.5 Å². The van der Waals surface area contributed by atoms with Crippen molar-refractivity contribution in [3.05, 3.63) is 24.0 Å². The number of pyridine rings is 1. The van der Waals surface area contributed by atoms with Gasteiger partial charge >= 0.3 is 0 Å². The molecule has 0 amide bonds. The fourth-order valence-corrected chi connectivity index (χ4v) is 4.47. The average molecular weight is 299 g/mol. The first kappa shape index (κ1) is 15.3. The van der Waals surface area contributed by atoms with Crippen molar-refractivity contribution in [3.63, 3.8) is 0 Å². The van der Waals surface area contributed by atoms with Gasteiger partial charge < -0.3 is 9.84 Å². The molecule has 2 heterocycles. The van der Waals surface area contributed by atoms with Gasteiger partial charge in [0.2, 0.25) is 0 Å². The van der Waals surface area contributed by atoms with Crippen LogP contribution in [0.4, 0.5) is 0 Å². The van der Waals surface area contributed by atoms with Crippen LogP contribution in [0.25, 0.3) is 0 Å². The molecule has 6 heteroatoms. The highest BCUT2D eigenvalue weighted by molar-refractivity contribution is 7.92. The Morgan fingerprint density at radius 2 is 2.10 bits per heavy atom. The highest BCUT2D eigenvalue weighted by Gasteiger charge is 2.35. The molecule has 1 aliphatic rings. The molecule has 2 rings (SSSR count). The van der Waals surface area contributed by atoms with E-state index in [1.165, 1.54) is 6.20 Å². The number of sulfone groups is 1. The van der Waals surface area contributed by atoms with Gasteiger partial charge in [0.1, 0.15) is 5.75 Å². The van der Waals surface area contributed by atoms with Crippen LogP contribution >= 0.6 is 0 Å². The predicted molar refractivity (Wildman–Crippen MR) is 76.4 cm³/mol. The minimum absolute atomic E-state index is 0.00241. The summed E-state index contributed by atoms with van der Waals surface area (Å²) in [5.41, 5.74) is 0.499. The van der Waals surface area contributed by atoms with Crippen molar-refractivity contribution in [2.75, 3.05) is 5.75 Å². The molecule has 5 nitrogen and oxygen atoms in total. The molecule has 1 aliphatic heterocycles. The van der Waals surface area contributed by atoms with Crippen molar-refractivity contribution in [1.29, 1.82) is 0 Å².